The number of hydrogen-bond donors (Lipinski definition) is 1. The van der Waals surface area contributed by atoms with E-state index in [9.17, 15) is 4.79 Å². The Morgan fingerprint density at radius 3 is 2.58 bits per heavy atom. The highest BCUT2D eigenvalue weighted by Gasteiger charge is 2.13. The summed E-state index contributed by atoms with van der Waals surface area (Å²) in [6.07, 6.45) is 0. The lowest BCUT2D eigenvalue weighted by Crippen LogP contribution is -2.14. The quantitative estimate of drug-likeness (QED) is 0.717. The highest BCUT2D eigenvalue weighted by molar-refractivity contribution is 6.05. The molecular weight excluding hydrogens is 330 g/mol. The molecule has 1 N–H and O–H groups in total. The molecule has 2 rings (SSSR count). The second kappa shape index (κ2) is 9.82. The van der Waals surface area contributed by atoms with Crippen LogP contribution in [0.1, 0.15) is 36.7 Å². The average molecular weight is 357 g/mol. The third-order valence-electron chi connectivity index (χ3n) is 3.69. The monoisotopic (exact) mass is 357 g/mol. The zero-order valence-electron chi connectivity index (χ0n) is 15.9. The van der Waals surface area contributed by atoms with Crippen LogP contribution in [0.5, 0.6) is 11.5 Å². The van der Waals surface area contributed by atoms with Crippen molar-refractivity contribution in [1.82, 2.24) is 0 Å². The summed E-state index contributed by atoms with van der Waals surface area (Å²) in [5.74, 6) is 1.60. The fourth-order valence-electron chi connectivity index (χ4n) is 2.48. The lowest BCUT2D eigenvalue weighted by Gasteiger charge is -2.14. The number of rotatable bonds is 9. The molecular formula is C21H27NO4. The van der Waals surface area contributed by atoms with Crippen molar-refractivity contribution in [2.45, 2.75) is 27.4 Å². The molecule has 0 bridgehead atoms. The molecule has 5 heteroatoms. The van der Waals surface area contributed by atoms with Gasteiger partial charge in [0.1, 0.15) is 11.5 Å². The maximum Gasteiger partial charge on any atom is 0.255 e. The van der Waals surface area contributed by atoms with E-state index in [1.807, 2.05) is 31.2 Å². The van der Waals surface area contributed by atoms with Gasteiger partial charge in [-0.15, -0.1) is 0 Å². The predicted molar refractivity (Wildman–Crippen MR) is 103 cm³/mol. The molecule has 0 heterocycles. The molecule has 26 heavy (non-hydrogen) atoms. The Balaban J connectivity index is 2.16. The minimum Gasteiger partial charge on any atom is -0.496 e. The molecule has 0 fully saturated rings. The van der Waals surface area contributed by atoms with Crippen LogP contribution in [-0.2, 0) is 11.3 Å². The lowest BCUT2D eigenvalue weighted by molar-refractivity contribution is 0.0952. The summed E-state index contributed by atoms with van der Waals surface area (Å²) in [7, 11) is 1.61. The highest BCUT2D eigenvalue weighted by atomic mass is 16.5. The summed E-state index contributed by atoms with van der Waals surface area (Å²) in [5, 5.41) is 2.91. The van der Waals surface area contributed by atoms with E-state index in [0.29, 0.717) is 48.5 Å². The number of para-hydroxylation sites is 2. The van der Waals surface area contributed by atoms with Crippen LogP contribution in [0.4, 0.5) is 5.69 Å². The number of anilines is 1. The minimum absolute atomic E-state index is 0.204. The largest absolute Gasteiger partial charge is 0.496 e. The van der Waals surface area contributed by atoms with E-state index in [0.717, 1.165) is 5.56 Å². The summed E-state index contributed by atoms with van der Waals surface area (Å²) in [6, 6.07) is 12.7. The van der Waals surface area contributed by atoms with Gasteiger partial charge < -0.3 is 19.5 Å². The first kappa shape index (κ1) is 19.8. The normalized spacial score (nSPS) is 10.7. The summed E-state index contributed by atoms with van der Waals surface area (Å²) >= 11 is 0. The van der Waals surface area contributed by atoms with E-state index in [4.69, 9.17) is 14.2 Å². The van der Waals surface area contributed by atoms with Crippen molar-refractivity contribution < 1.29 is 19.0 Å². The topological polar surface area (TPSA) is 56.8 Å². The molecule has 0 aliphatic heterocycles. The van der Waals surface area contributed by atoms with Gasteiger partial charge in [0.2, 0.25) is 0 Å². The van der Waals surface area contributed by atoms with E-state index in [1.165, 1.54) is 0 Å². The Bertz CT molecular complexity index is 728. The van der Waals surface area contributed by atoms with Gasteiger partial charge >= 0.3 is 0 Å². The van der Waals surface area contributed by atoms with Crippen molar-refractivity contribution in [2.24, 2.45) is 5.92 Å². The second-order valence-electron chi connectivity index (χ2n) is 6.32. The van der Waals surface area contributed by atoms with E-state index < -0.39 is 0 Å². The van der Waals surface area contributed by atoms with Gasteiger partial charge in [0.15, 0.2) is 0 Å². The minimum atomic E-state index is -0.204. The number of carbonyl (C=O) groups is 1. The molecule has 5 nitrogen and oxygen atoms in total. The van der Waals surface area contributed by atoms with Gasteiger partial charge in [0.25, 0.3) is 5.91 Å². The zero-order valence-corrected chi connectivity index (χ0v) is 15.9. The number of carbonyl (C=O) groups excluding carboxylic acids is 1. The standard InChI is InChI=1S/C21H27NO4/c1-5-26-20-9-7-6-8-18(20)22-21(23)16-10-11-19(24-4)17(12-16)14-25-13-15(2)3/h6-12,15H,5,13-14H2,1-4H3,(H,22,23). The Labute approximate surface area is 155 Å². The van der Waals surface area contributed by atoms with Crippen molar-refractivity contribution >= 4 is 11.6 Å². The third kappa shape index (κ3) is 5.49. The first-order valence-electron chi connectivity index (χ1n) is 8.83. The van der Waals surface area contributed by atoms with Gasteiger partial charge in [-0.25, -0.2) is 0 Å². The molecule has 0 aromatic heterocycles. The number of ether oxygens (including phenoxy) is 3. The number of nitrogens with one attached hydrogen (secondary N) is 1. The van der Waals surface area contributed by atoms with Crippen LogP contribution in [0.25, 0.3) is 0 Å². The van der Waals surface area contributed by atoms with Crippen molar-refractivity contribution in [3.63, 3.8) is 0 Å². The van der Waals surface area contributed by atoms with Crippen LogP contribution in [0, 0.1) is 5.92 Å². The SMILES string of the molecule is CCOc1ccccc1NC(=O)c1ccc(OC)c(COCC(C)C)c1. The summed E-state index contributed by atoms with van der Waals surface area (Å²) in [6.45, 7) is 7.69. The first-order valence-corrected chi connectivity index (χ1v) is 8.83. The van der Waals surface area contributed by atoms with Crippen LogP contribution >= 0.6 is 0 Å². The van der Waals surface area contributed by atoms with Crippen molar-refractivity contribution in [3.8, 4) is 11.5 Å². The van der Waals surface area contributed by atoms with Crippen LogP contribution in [-0.4, -0.2) is 26.2 Å². The van der Waals surface area contributed by atoms with Crippen molar-refractivity contribution in [2.75, 3.05) is 25.6 Å². The van der Waals surface area contributed by atoms with Gasteiger partial charge in [-0.3, -0.25) is 4.79 Å². The van der Waals surface area contributed by atoms with E-state index in [1.54, 1.807) is 25.3 Å². The highest BCUT2D eigenvalue weighted by Crippen LogP contribution is 2.26. The molecule has 0 saturated carbocycles. The van der Waals surface area contributed by atoms with Gasteiger partial charge in [0, 0.05) is 17.7 Å². The third-order valence-corrected chi connectivity index (χ3v) is 3.69. The smallest absolute Gasteiger partial charge is 0.255 e. The zero-order chi connectivity index (χ0) is 18.9. The fraction of sp³-hybridized carbons (Fsp3) is 0.381. The second-order valence-corrected chi connectivity index (χ2v) is 6.32. The molecule has 0 saturated heterocycles. The fourth-order valence-corrected chi connectivity index (χ4v) is 2.48. The van der Waals surface area contributed by atoms with Crippen LogP contribution < -0.4 is 14.8 Å². The van der Waals surface area contributed by atoms with Gasteiger partial charge in [-0.1, -0.05) is 26.0 Å². The molecule has 0 aliphatic carbocycles. The molecule has 0 spiro atoms. The Hall–Kier alpha value is -2.53. The van der Waals surface area contributed by atoms with Crippen molar-refractivity contribution in [3.05, 3.63) is 53.6 Å². The Kier molecular flexibility index (Phi) is 7.48. The van der Waals surface area contributed by atoms with Gasteiger partial charge in [-0.2, -0.15) is 0 Å². The molecule has 0 aliphatic rings. The molecule has 2 aromatic carbocycles. The summed E-state index contributed by atoms with van der Waals surface area (Å²) in [5.41, 5.74) is 2.03. The summed E-state index contributed by atoms with van der Waals surface area (Å²) in [4.78, 5) is 12.7. The van der Waals surface area contributed by atoms with Gasteiger partial charge in [-0.05, 0) is 43.2 Å². The number of hydrogen-bond acceptors (Lipinski definition) is 4. The van der Waals surface area contributed by atoms with Crippen LogP contribution in [0.15, 0.2) is 42.5 Å². The lowest BCUT2D eigenvalue weighted by atomic mass is 10.1. The summed E-state index contributed by atoms with van der Waals surface area (Å²) < 4.78 is 16.6. The molecule has 0 atom stereocenters. The van der Waals surface area contributed by atoms with E-state index in [-0.39, 0.29) is 5.91 Å². The predicted octanol–water partition coefficient (Wildman–Crippen LogP) is 4.52. The average Bonchev–Trinajstić information content (AvgIpc) is 2.63. The Morgan fingerprint density at radius 1 is 1.12 bits per heavy atom. The Morgan fingerprint density at radius 2 is 1.88 bits per heavy atom. The van der Waals surface area contributed by atoms with Gasteiger partial charge in [0.05, 0.1) is 26.0 Å². The molecule has 0 radical (unpaired) electrons. The van der Waals surface area contributed by atoms with E-state index in [2.05, 4.69) is 19.2 Å². The number of benzene rings is 2. The van der Waals surface area contributed by atoms with E-state index >= 15 is 0 Å². The molecule has 140 valence electrons. The molecule has 1 amide bonds. The maximum absolute atomic E-state index is 12.7. The van der Waals surface area contributed by atoms with Crippen molar-refractivity contribution in [1.29, 1.82) is 0 Å². The first-order chi connectivity index (χ1) is 12.5. The van der Waals surface area contributed by atoms with Crippen LogP contribution in [0.3, 0.4) is 0 Å². The number of amides is 1. The number of methoxy groups -OCH3 is 1. The van der Waals surface area contributed by atoms with Crippen LogP contribution in [0.2, 0.25) is 0 Å². The molecule has 2 aromatic rings. The maximum atomic E-state index is 12.7. The molecule has 0 unspecified atom stereocenters.